The van der Waals surface area contributed by atoms with Crippen molar-refractivity contribution in [1.82, 2.24) is 9.36 Å². The first-order valence-corrected chi connectivity index (χ1v) is 5.98. The summed E-state index contributed by atoms with van der Waals surface area (Å²) in [4.78, 5) is 14.5. The van der Waals surface area contributed by atoms with Crippen molar-refractivity contribution >= 4 is 32.7 Å². The van der Waals surface area contributed by atoms with Crippen LogP contribution in [0.5, 0.6) is 0 Å². The highest BCUT2D eigenvalue weighted by Gasteiger charge is 2.14. The third kappa shape index (κ3) is 2.92. The molecular formula is C5H7N3O4S2. The Hall–Kier alpha value is -1.22. The minimum atomic E-state index is -3.39. The molecule has 0 aromatic carbocycles. The van der Waals surface area contributed by atoms with Crippen molar-refractivity contribution in [3.05, 3.63) is 5.82 Å². The normalized spacial score (nSPS) is 11.0. The van der Waals surface area contributed by atoms with Crippen LogP contribution in [-0.2, 0) is 14.8 Å². The van der Waals surface area contributed by atoms with E-state index in [9.17, 15) is 13.2 Å². The van der Waals surface area contributed by atoms with Crippen LogP contribution in [-0.4, -0.2) is 37.1 Å². The Labute approximate surface area is 84.3 Å². The van der Waals surface area contributed by atoms with Crippen molar-refractivity contribution < 1.29 is 17.9 Å². The molecule has 1 aromatic rings. The molecule has 9 heteroatoms. The quantitative estimate of drug-likeness (QED) is 0.724. The molecule has 0 aliphatic heterocycles. The van der Waals surface area contributed by atoms with Crippen LogP contribution in [0.15, 0.2) is 0 Å². The van der Waals surface area contributed by atoms with Crippen LogP contribution in [0.2, 0.25) is 0 Å². The van der Waals surface area contributed by atoms with Gasteiger partial charge in [0.1, 0.15) is 0 Å². The van der Waals surface area contributed by atoms with Gasteiger partial charge in [-0.2, -0.15) is 9.36 Å². The fraction of sp³-hybridized carbons (Fsp3) is 0.400. The summed E-state index contributed by atoms with van der Waals surface area (Å²) < 4.78 is 31.6. The maximum Gasteiger partial charge on any atom is 0.377 e. The Morgan fingerprint density at radius 3 is 2.71 bits per heavy atom. The number of rotatable bonds is 3. The number of carbonyl (C=O) groups is 1. The van der Waals surface area contributed by atoms with Gasteiger partial charge in [-0.1, -0.05) is 0 Å². The summed E-state index contributed by atoms with van der Waals surface area (Å²) in [6, 6.07) is 0. The van der Waals surface area contributed by atoms with E-state index in [0.717, 1.165) is 17.8 Å². The number of ether oxygens (including phenoxy) is 1. The zero-order chi connectivity index (χ0) is 10.8. The van der Waals surface area contributed by atoms with Gasteiger partial charge in [-0.3, -0.25) is 4.72 Å². The summed E-state index contributed by atoms with van der Waals surface area (Å²) in [6.45, 7) is 0. The Bertz CT molecular complexity index is 438. The number of nitrogens with zero attached hydrogens (tertiary/aromatic N) is 2. The van der Waals surface area contributed by atoms with Crippen molar-refractivity contribution in [2.24, 2.45) is 0 Å². The van der Waals surface area contributed by atoms with Crippen LogP contribution in [0, 0.1) is 0 Å². The predicted molar refractivity (Wildman–Crippen MR) is 49.7 cm³/mol. The second kappa shape index (κ2) is 3.88. The second-order valence-electron chi connectivity index (χ2n) is 2.29. The summed E-state index contributed by atoms with van der Waals surface area (Å²) in [7, 11) is -2.20. The number of anilines is 1. The molecule has 0 atom stereocenters. The Morgan fingerprint density at radius 1 is 1.57 bits per heavy atom. The van der Waals surface area contributed by atoms with Crippen LogP contribution < -0.4 is 4.72 Å². The number of hydrogen-bond donors (Lipinski definition) is 1. The molecule has 1 aromatic heterocycles. The van der Waals surface area contributed by atoms with E-state index in [-0.39, 0.29) is 11.0 Å². The van der Waals surface area contributed by atoms with E-state index in [1.165, 1.54) is 7.11 Å². The minimum Gasteiger partial charge on any atom is -0.463 e. The molecule has 78 valence electrons. The van der Waals surface area contributed by atoms with Crippen molar-refractivity contribution in [3.63, 3.8) is 0 Å². The van der Waals surface area contributed by atoms with Crippen LogP contribution >= 0.6 is 11.5 Å². The summed E-state index contributed by atoms with van der Waals surface area (Å²) in [5.41, 5.74) is 0. The highest BCUT2D eigenvalue weighted by Crippen LogP contribution is 2.12. The van der Waals surface area contributed by atoms with Gasteiger partial charge >= 0.3 is 5.97 Å². The first-order valence-electron chi connectivity index (χ1n) is 3.32. The maximum atomic E-state index is 10.9. The molecule has 0 aliphatic rings. The van der Waals surface area contributed by atoms with E-state index in [1.54, 1.807) is 0 Å². The Morgan fingerprint density at radius 2 is 2.21 bits per heavy atom. The van der Waals surface area contributed by atoms with Crippen molar-refractivity contribution in [1.29, 1.82) is 0 Å². The zero-order valence-electron chi connectivity index (χ0n) is 7.34. The van der Waals surface area contributed by atoms with Crippen molar-refractivity contribution in [2.45, 2.75) is 0 Å². The summed E-state index contributed by atoms with van der Waals surface area (Å²) in [5.74, 6) is -0.869. The van der Waals surface area contributed by atoms with Crippen LogP contribution in [0.3, 0.4) is 0 Å². The molecule has 1 heterocycles. The van der Waals surface area contributed by atoms with Crippen molar-refractivity contribution in [2.75, 3.05) is 18.1 Å². The molecule has 1 N–H and O–H groups in total. The average Bonchev–Trinajstić information content (AvgIpc) is 2.48. The molecule has 0 unspecified atom stereocenters. The molecule has 0 aliphatic carbocycles. The largest absolute Gasteiger partial charge is 0.463 e. The number of sulfonamides is 1. The van der Waals surface area contributed by atoms with E-state index in [2.05, 4.69) is 18.8 Å². The van der Waals surface area contributed by atoms with Crippen LogP contribution in [0.25, 0.3) is 0 Å². The standard InChI is InChI=1S/C5H7N3O4S2/c1-12-4(9)3-6-5(13-7-3)8-14(2,10)11/h1-2H3,(H,6,7,8). The lowest BCUT2D eigenvalue weighted by Gasteiger charge is -1.95. The SMILES string of the molecule is COC(=O)c1nsc(NS(C)(=O)=O)n1. The fourth-order valence-corrected chi connectivity index (χ4v) is 1.98. The number of esters is 1. The fourth-order valence-electron chi connectivity index (χ4n) is 0.598. The van der Waals surface area contributed by atoms with E-state index in [4.69, 9.17) is 0 Å². The van der Waals surface area contributed by atoms with Gasteiger partial charge in [0.25, 0.3) is 5.82 Å². The van der Waals surface area contributed by atoms with Crippen molar-refractivity contribution in [3.8, 4) is 0 Å². The summed E-state index contributed by atoms with van der Waals surface area (Å²) in [5, 5.41) is 0.0351. The number of aromatic nitrogens is 2. The van der Waals surface area contributed by atoms with E-state index in [1.807, 2.05) is 0 Å². The lowest BCUT2D eigenvalue weighted by atomic mass is 10.6. The van der Waals surface area contributed by atoms with E-state index >= 15 is 0 Å². The number of nitrogens with one attached hydrogen (secondary N) is 1. The highest BCUT2D eigenvalue weighted by atomic mass is 32.2. The van der Waals surface area contributed by atoms with Gasteiger partial charge in [0.2, 0.25) is 15.2 Å². The molecule has 0 saturated heterocycles. The van der Waals surface area contributed by atoms with Gasteiger partial charge in [0.15, 0.2) is 0 Å². The molecule has 0 fully saturated rings. The lowest BCUT2D eigenvalue weighted by Crippen LogP contribution is -2.10. The molecular weight excluding hydrogens is 230 g/mol. The minimum absolute atomic E-state index is 0.0351. The molecule has 7 nitrogen and oxygen atoms in total. The van der Waals surface area contributed by atoms with Gasteiger partial charge in [-0.05, 0) is 0 Å². The van der Waals surface area contributed by atoms with E-state index in [0.29, 0.717) is 0 Å². The number of methoxy groups -OCH3 is 1. The molecule has 1 rings (SSSR count). The number of hydrogen-bond acceptors (Lipinski definition) is 7. The third-order valence-corrected chi connectivity index (χ3v) is 2.39. The molecule has 0 saturated carbocycles. The molecule has 0 radical (unpaired) electrons. The molecule has 0 bridgehead atoms. The van der Waals surface area contributed by atoms with Gasteiger partial charge in [-0.25, -0.2) is 13.2 Å². The molecule has 0 amide bonds. The van der Waals surface area contributed by atoms with Gasteiger partial charge in [-0.15, -0.1) is 0 Å². The third-order valence-electron chi connectivity index (χ3n) is 1.07. The monoisotopic (exact) mass is 237 g/mol. The number of carbonyl (C=O) groups excluding carboxylic acids is 1. The van der Waals surface area contributed by atoms with E-state index < -0.39 is 16.0 Å². The topological polar surface area (TPSA) is 98.2 Å². The first kappa shape index (κ1) is 10.9. The smallest absolute Gasteiger partial charge is 0.377 e. The second-order valence-corrected chi connectivity index (χ2v) is 4.79. The summed E-state index contributed by atoms with van der Waals surface area (Å²) >= 11 is 0.768. The van der Waals surface area contributed by atoms with Gasteiger partial charge < -0.3 is 4.74 Å². The zero-order valence-corrected chi connectivity index (χ0v) is 8.98. The highest BCUT2D eigenvalue weighted by molar-refractivity contribution is 7.92. The predicted octanol–water partition coefficient (Wildman–Crippen LogP) is -0.304. The van der Waals surface area contributed by atoms with Gasteiger partial charge in [0, 0.05) is 11.5 Å². The van der Waals surface area contributed by atoms with Crippen LogP contribution in [0.1, 0.15) is 10.6 Å². The summed E-state index contributed by atoms with van der Waals surface area (Å²) in [6.07, 6.45) is 0.978. The first-order chi connectivity index (χ1) is 6.42. The van der Waals surface area contributed by atoms with Gasteiger partial charge in [0.05, 0.1) is 13.4 Å². The Balaban J connectivity index is 2.84. The Kier molecular flexibility index (Phi) is 3.01. The lowest BCUT2D eigenvalue weighted by molar-refractivity contribution is 0.0588. The van der Waals surface area contributed by atoms with Crippen LogP contribution in [0.4, 0.5) is 5.13 Å². The molecule has 14 heavy (non-hydrogen) atoms. The maximum absolute atomic E-state index is 10.9. The average molecular weight is 237 g/mol. The molecule has 0 spiro atoms.